The minimum absolute atomic E-state index is 0.0984. The lowest BCUT2D eigenvalue weighted by molar-refractivity contribution is -0.116. The number of carbonyl (C=O) groups excluding carboxylic acids is 1. The van der Waals surface area contributed by atoms with Gasteiger partial charge in [0.05, 0.1) is 5.69 Å². The first-order valence-electron chi connectivity index (χ1n) is 6.68. The van der Waals surface area contributed by atoms with Gasteiger partial charge in [-0.1, -0.05) is 12.1 Å². The largest absolute Gasteiger partial charge is 0.325 e. The van der Waals surface area contributed by atoms with E-state index >= 15 is 0 Å². The number of rotatable bonds is 4. The summed E-state index contributed by atoms with van der Waals surface area (Å²) in [6.07, 6.45) is 6.15. The maximum absolute atomic E-state index is 13.0. The van der Waals surface area contributed by atoms with E-state index in [1.807, 2.05) is 35.0 Å². The van der Waals surface area contributed by atoms with Gasteiger partial charge in [0.1, 0.15) is 11.5 Å². The number of hydrogen-bond acceptors (Lipinski definition) is 2. The monoisotopic (exact) mass is 283 g/mol. The van der Waals surface area contributed by atoms with Crippen molar-refractivity contribution in [2.75, 3.05) is 5.32 Å². The molecule has 0 radical (unpaired) electrons. The van der Waals surface area contributed by atoms with E-state index in [2.05, 4.69) is 10.3 Å². The van der Waals surface area contributed by atoms with Crippen LogP contribution in [0.15, 0.2) is 55.0 Å². The van der Waals surface area contributed by atoms with E-state index in [4.69, 9.17) is 0 Å². The Kier molecular flexibility index (Phi) is 3.64. The van der Waals surface area contributed by atoms with Gasteiger partial charge in [-0.15, -0.1) is 0 Å². The Morgan fingerprint density at radius 3 is 3.05 bits per heavy atom. The van der Waals surface area contributed by atoms with Crippen molar-refractivity contribution in [2.24, 2.45) is 0 Å². The second-order valence-electron chi connectivity index (χ2n) is 4.79. The van der Waals surface area contributed by atoms with Gasteiger partial charge < -0.3 is 9.72 Å². The van der Waals surface area contributed by atoms with E-state index < -0.39 is 0 Å². The van der Waals surface area contributed by atoms with E-state index in [-0.39, 0.29) is 11.7 Å². The Balaban J connectivity index is 1.60. The fourth-order valence-corrected chi connectivity index (χ4v) is 2.17. The Morgan fingerprint density at radius 1 is 1.29 bits per heavy atom. The lowest BCUT2D eigenvalue weighted by Gasteiger charge is -2.06. The average Bonchev–Trinajstić information content (AvgIpc) is 2.93. The quantitative estimate of drug-likeness (QED) is 0.800. The van der Waals surface area contributed by atoms with Crippen LogP contribution in [0.3, 0.4) is 0 Å². The van der Waals surface area contributed by atoms with Crippen LogP contribution in [-0.4, -0.2) is 15.3 Å². The first kappa shape index (κ1) is 13.3. The fraction of sp³-hybridized carbons (Fsp3) is 0.125. The van der Waals surface area contributed by atoms with Gasteiger partial charge in [0.15, 0.2) is 0 Å². The van der Waals surface area contributed by atoms with Crippen LogP contribution in [-0.2, 0) is 11.2 Å². The molecule has 3 aromatic rings. The van der Waals surface area contributed by atoms with Crippen molar-refractivity contribution in [3.8, 4) is 0 Å². The second-order valence-corrected chi connectivity index (χ2v) is 4.79. The summed E-state index contributed by atoms with van der Waals surface area (Å²) in [5.74, 6) is -0.378. The van der Waals surface area contributed by atoms with Crippen LogP contribution < -0.4 is 5.32 Å². The van der Waals surface area contributed by atoms with Gasteiger partial charge >= 0.3 is 0 Å². The summed E-state index contributed by atoms with van der Waals surface area (Å²) < 4.78 is 14.9. The van der Waals surface area contributed by atoms with Crippen molar-refractivity contribution in [1.82, 2.24) is 9.38 Å². The maximum atomic E-state index is 13.0. The topological polar surface area (TPSA) is 46.4 Å². The van der Waals surface area contributed by atoms with Gasteiger partial charge in [-0.25, -0.2) is 9.37 Å². The van der Waals surface area contributed by atoms with Gasteiger partial charge in [-0.3, -0.25) is 4.79 Å². The van der Waals surface area contributed by atoms with Crippen molar-refractivity contribution in [2.45, 2.75) is 12.8 Å². The van der Waals surface area contributed by atoms with E-state index in [1.54, 1.807) is 12.3 Å². The molecular formula is C16H14FN3O. The maximum Gasteiger partial charge on any atom is 0.224 e. The molecule has 0 spiro atoms. The SMILES string of the molecule is O=C(CCc1cccc(F)c1)Nc1ccc2nccn2c1. The lowest BCUT2D eigenvalue weighted by atomic mass is 10.1. The molecule has 1 aromatic carbocycles. The summed E-state index contributed by atoms with van der Waals surface area (Å²) in [5.41, 5.74) is 2.35. The van der Waals surface area contributed by atoms with Gasteiger partial charge in [-0.2, -0.15) is 0 Å². The highest BCUT2D eigenvalue weighted by Crippen LogP contribution is 2.11. The number of pyridine rings is 1. The number of carbonyl (C=O) groups is 1. The third-order valence-electron chi connectivity index (χ3n) is 3.20. The number of imidazole rings is 1. The molecule has 4 nitrogen and oxygen atoms in total. The van der Waals surface area contributed by atoms with Crippen LogP contribution in [0.25, 0.3) is 5.65 Å². The number of aromatic nitrogens is 2. The minimum atomic E-state index is -0.279. The number of fused-ring (bicyclic) bond motifs is 1. The molecule has 1 N–H and O–H groups in total. The van der Waals surface area contributed by atoms with E-state index in [0.29, 0.717) is 18.5 Å². The number of aryl methyl sites for hydroxylation is 1. The van der Waals surface area contributed by atoms with Crippen LogP contribution in [0, 0.1) is 5.82 Å². The fourth-order valence-electron chi connectivity index (χ4n) is 2.17. The van der Waals surface area contributed by atoms with Crippen LogP contribution >= 0.6 is 0 Å². The molecule has 21 heavy (non-hydrogen) atoms. The summed E-state index contributed by atoms with van der Waals surface area (Å²) in [7, 11) is 0. The van der Waals surface area contributed by atoms with Gasteiger partial charge in [0, 0.05) is 25.0 Å². The molecule has 0 bridgehead atoms. The Labute approximate surface area is 121 Å². The summed E-state index contributed by atoms with van der Waals surface area (Å²) in [4.78, 5) is 16.1. The molecule has 3 rings (SSSR count). The van der Waals surface area contributed by atoms with Crippen molar-refractivity contribution < 1.29 is 9.18 Å². The molecular weight excluding hydrogens is 269 g/mol. The molecule has 2 heterocycles. The molecule has 0 fully saturated rings. The number of hydrogen-bond donors (Lipinski definition) is 1. The molecule has 0 aliphatic rings. The number of amides is 1. The zero-order valence-corrected chi connectivity index (χ0v) is 11.3. The molecule has 0 saturated heterocycles. The normalized spacial score (nSPS) is 10.7. The highest BCUT2D eigenvalue weighted by atomic mass is 19.1. The van der Waals surface area contributed by atoms with Crippen molar-refractivity contribution in [1.29, 1.82) is 0 Å². The molecule has 5 heteroatoms. The molecule has 2 aromatic heterocycles. The standard InChI is InChI=1S/C16H14FN3O/c17-13-3-1-2-12(10-13)4-7-16(21)19-14-5-6-15-18-8-9-20(15)11-14/h1-3,5-6,8-11H,4,7H2,(H,19,21). The molecule has 0 unspecified atom stereocenters. The number of halogens is 1. The summed E-state index contributed by atoms with van der Waals surface area (Å²) in [6.45, 7) is 0. The van der Waals surface area contributed by atoms with E-state index in [0.717, 1.165) is 11.2 Å². The number of nitrogens with zero attached hydrogens (tertiary/aromatic N) is 2. The van der Waals surface area contributed by atoms with Crippen LogP contribution in [0.5, 0.6) is 0 Å². The van der Waals surface area contributed by atoms with E-state index in [1.165, 1.54) is 12.1 Å². The Hall–Kier alpha value is -2.69. The predicted molar refractivity (Wildman–Crippen MR) is 78.5 cm³/mol. The second kappa shape index (κ2) is 5.75. The minimum Gasteiger partial charge on any atom is -0.325 e. The highest BCUT2D eigenvalue weighted by Gasteiger charge is 2.05. The summed E-state index contributed by atoms with van der Waals surface area (Å²) in [6, 6.07) is 9.95. The molecule has 0 saturated carbocycles. The summed E-state index contributed by atoms with van der Waals surface area (Å²) >= 11 is 0. The molecule has 0 aliphatic heterocycles. The first-order chi connectivity index (χ1) is 10.2. The third-order valence-corrected chi connectivity index (χ3v) is 3.20. The van der Waals surface area contributed by atoms with Crippen LogP contribution in [0.4, 0.5) is 10.1 Å². The van der Waals surface area contributed by atoms with Gasteiger partial charge in [-0.05, 0) is 36.2 Å². The molecule has 0 atom stereocenters. The Bertz CT molecular complexity index is 782. The average molecular weight is 283 g/mol. The van der Waals surface area contributed by atoms with Gasteiger partial charge in [0.25, 0.3) is 0 Å². The molecule has 1 amide bonds. The predicted octanol–water partition coefficient (Wildman–Crippen LogP) is 3.04. The lowest BCUT2D eigenvalue weighted by Crippen LogP contribution is -2.12. The third kappa shape index (κ3) is 3.25. The Morgan fingerprint density at radius 2 is 2.19 bits per heavy atom. The number of anilines is 1. The van der Waals surface area contributed by atoms with Gasteiger partial charge in [0.2, 0.25) is 5.91 Å². The highest BCUT2D eigenvalue weighted by molar-refractivity contribution is 5.90. The van der Waals surface area contributed by atoms with E-state index in [9.17, 15) is 9.18 Å². The smallest absolute Gasteiger partial charge is 0.224 e. The zero-order chi connectivity index (χ0) is 14.7. The van der Waals surface area contributed by atoms with Crippen LogP contribution in [0.2, 0.25) is 0 Å². The zero-order valence-electron chi connectivity index (χ0n) is 11.3. The number of nitrogens with one attached hydrogen (secondary N) is 1. The number of benzene rings is 1. The van der Waals surface area contributed by atoms with Crippen LogP contribution in [0.1, 0.15) is 12.0 Å². The van der Waals surface area contributed by atoms with Crippen molar-refractivity contribution >= 4 is 17.2 Å². The van der Waals surface area contributed by atoms with Crippen molar-refractivity contribution in [3.05, 3.63) is 66.4 Å². The summed E-state index contributed by atoms with van der Waals surface area (Å²) in [5, 5.41) is 2.83. The molecule has 0 aliphatic carbocycles. The first-order valence-corrected chi connectivity index (χ1v) is 6.68. The van der Waals surface area contributed by atoms with Crippen molar-refractivity contribution in [3.63, 3.8) is 0 Å². The molecule has 106 valence electrons.